The first-order valence-electron chi connectivity index (χ1n) is 7.39. The lowest BCUT2D eigenvalue weighted by Gasteiger charge is -2.12. The van der Waals surface area contributed by atoms with Gasteiger partial charge in [0.05, 0.1) is 13.2 Å². The molecule has 1 aliphatic heterocycles. The molecule has 0 N–H and O–H groups in total. The molecule has 3 aromatic carbocycles. The van der Waals surface area contributed by atoms with Crippen LogP contribution in [0.1, 0.15) is 11.9 Å². The molecule has 0 aromatic heterocycles. The van der Waals surface area contributed by atoms with Crippen LogP contribution in [0.15, 0.2) is 66.7 Å². The zero-order valence-electron chi connectivity index (χ0n) is 12.1. The molecule has 1 fully saturated rings. The molecule has 0 unspecified atom stereocenters. The third-order valence-corrected chi connectivity index (χ3v) is 3.73. The van der Waals surface area contributed by atoms with E-state index in [1.165, 1.54) is 5.39 Å². The van der Waals surface area contributed by atoms with Gasteiger partial charge in [-0.3, -0.25) is 0 Å². The first-order valence-corrected chi connectivity index (χ1v) is 7.39. The first-order chi connectivity index (χ1) is 10.9. The van der Waals surface area contributed by atoms with Crippen LogP contribution in [0.4, 0.5) is 0 Å². The average Bonchev–Trinajstić information content (AvgIpc) is 3.10. The molecule has 0 atom stereocenters. The monoisotopic (exact) mass is 292 g/mol. The smallest absolute Gasteiger partial charge is 0.184 e. The average molecular weight is 292 g/mol. The van der Waals surface area contributed by atoms with Crippen molar-refractivity contribution in [2.75, 3.05) is 13.2 Å². The van der Waals surface area contributed by atoms with Crippen molar-refractivity contribution in [1.82, 2.24) is 0 Å². The summed E-state index contributed by atoms with van der Waals surface area (Å²) in [5.41, 5.74) is 0.982. The van der Waals surface area contributed by atoms with Crippen LogP contribution >= 0.6 is 0 Å². The third-order valence-electron chi connectivity index (χ3n) is 3.73. The van der Waals surface area contributed by atoms with Crippen molar-refractivity contribution >= 4 is 10.8 Å². The summed E-state index contributed by atoms with van der Waals surface area (Å²) < 4.78 is 17.2. The predicted octanol–water partition coefficient (Wildman–Crippen LogP) is 4.68. The van der Waals surface area contributed by atoms with Crippen molar-refractivity contribution < 1.29 is 14.2 Å². The van der Waals surface area contributed by atoms with Gasteiger partial charge < -0.3 is 14.2 Å². The van der Waals surface area contributed by atoms with E-state index in [2.05, 4.69) is 18.2 Å². The van der Waals surface area contributed by atoms with Crippen LogP contribution in [-0.4, -0.2) is 13.2 Å². The van der Waals surface area contributed by atoms with Gasteiger partial charge in [0.2, 0.25) is 0 Å². The first kappa shape index (κ1) is 13.3. The molecular weight excluding hydrogens is 276 g/mol. The summed E-state index contributed by atoms with van der Waals surface area (Å²) in [6.45, 7) is 1.28. The lowest BCUT2D eigenvalue weighted by Crippen LogP contribution is -1.98. The highest BCUT2D eigenvalue weighted by atomic mass is 16.7. The Morgan fingerprint density at radius 3 is 2.50 bits per heavy atom. The largest absolute Gasteiger partial charge is 0.457 e. The molecule has 1 heterocycles. The Bertz CT molecular complexity index is 786. The molecule has 0 saturated carbocycles. The second-order valence-electron chi connectivity index (χ2n) is 5.23. The number of hydrogen-bond acceptors (Lipinski definition) is 3. The highest BCUT2D eigenvalue weighted by molar-refractivity contribution is 5.88. The van der Waals surface area contributed by atoms with Crippen LogP contribution in [0.5, 0.6) is 11.5 Å². The summed E-state index contributed by atoms with van der Waals surface area (Å²) in [4.78, 5) is 0. The van der Waals surface area contributed by atoms with Crippen LogP contribution in [0.25, 0.3) is 10.8 Å². The normalized spacial score (nSPS) is 15.3. The highest BCUT2D eigenvalue weighted by Crippen LogP contribution is 2.32. The second-order valence-corrected chi connectivity index (χ2v) is 5.23. The van der Waals surface area contributed by atoms with Gasteiger partial charge in [0.1, 0.15) is 11.5 Å². The minimum atomic E-state index is -0.281. The van der Waals surface area contributed by atoms with E-state index in [9.17, 15) is 0 Å². The van der Waals surface area contributed by atoms with Gasteiger partial charge in [-0.15, -0.1) is 0 Å². The minimum Gasteiger partial charge on any atom is -0.457 e. The van der Waals surface area contributed by atoms with E-state index >= 15 is 0 Å². The topological polar surface area (TPSA) is 27.7 Å². The van der Waals surface area contributed by atoms with Gasteiger partial charge in [0.25, 0.3) is 0 Å². The summed E-state index contributed by atoms with van der Waals surface area (Å²) in [6.07, 6.45) is -0.281. The van der Waals surface area contributed by atoms with E-state index in [0.717, 1.165) is 22.4 Å². The summed E-state index contributed by atoms with van der Waals surface area (Å²) in [5, 5.41) is 2.27. The van der Waals surface area contributed by atoms with Crippen LogP contribution in [0.2, 0.25) is 0 Å². The van der Waals surface area contributed by atoms with Crippen LogP contribution in [0, 0.1) is 0 Å². The molecule has 3 aromatic rings. The van der Waals surface area contributed by atoms with Crippen molar-refractivity contribution in [3.63, 3.8) is 0 Å². The fraction of sp³-hybridized carbons (Fsp3) is 0.158. The molecule has 1 aliphatic rings. The minimum absolute atomic E-state index is 0.281. The quantitative estimate of drug-likeness (QED) is 0.701. The summed E-state index contributed by atoms with van der Waals surface area (Å²) in [7, 11) is 0. The van der Waals surface area contributed by atoms with E-state index in [-0.39, 0.29) is 6.29 Å². The zero-order valence-corrected chi connectivity index (χ0v) is 12.1. The van der Waals surface area contributed by atoms with Gasteiger partial charge >= 0.3 is 0 Å². The molecule has 1 saturated heterocycles. The molecule has 110 valence electrons. The molecule has 22 heavy (non-hydrogen) atoms. The maximum absolute atomic E-state index is 6.08. The lowest BCUT2D eigenvalue weighted by atomic mass is 10.1. The predicted molar refractivity (Wildman–Crippen MR) is 85.1 cm³/mol. The van der Waals surface area contributed by atoms with E-state index < -0.39 is 0 Å². The van der Waals surface area contributed by atoms with Gasteiger partial charge in [-0.25, -0.2) is 0 Å². The molecule has 0 radical (unpaired) electrons. The second kappa shape index (κ2) is 5.79. The Kier molecular flexibility index (Phi) is 3.51. The van der Waals surface area contributed by atoms with Crippen molar-refractivity contribution in [1.29, 1.82) is 0 Å². The molecule has 0 amide bonds. The lowest BCUT2D eigenvalue weighted by molar-refractivity contribution is -0.0442. The summed E-state index contributed by atoms with van der Waals surface area (Å²) >= 11 is 0. The Hall–Kier alpha value is -2.36. The van der Waals surface area contributed by atoms with E-state index in [4.69, 9.17) is 14.2 Å². The number of rotatable bonds is 3. The molecule has 0 spiro atoms. The van der Waals surface area contributed by atoms with Crippen LogP contribution in [0.3, 0.4) is 0 Å². The number of hydrogen-bond donors (Lipinski definition) is 0. The molecule has 0 aliphatic carbocycles. The van der Waals surface area contributed by atoms with Crippen LogP contribution < -0.4 is 4.74 Å². The van der Waals surface area contributed by atoms with Gasteiger partial charge in [0.15, 0.2) is 6.29 Å². The highest BCUT2D eigenvalue weighted by Gasteiger charge is 2.18. The maximum atomic E-state index is 6.08. The molecule has 0 bridgehead atoms. The number of benzene rings is 3. The maximum Gasteiger partial charge on any atom is 0.184 e. The van der Waals surface area contributed by atoms with E-state index in [1.807, 2.05) is 48.5 Å². The molecule has 3 heteroatoms. The molecule has 4 rings (SSSR count). The molecule has 3 nitrogen and oxygen atoms in total. The Morgan fingerprint density at radius 2 is 1.59 bits per heavy atom. The van der Waals surface area contributed by atoms with E-state index in [1.54, 1.807) is 0 Å². The van der Waals surface area contributed by atoms with E-state index in [0.29, 0.717) is 13.2 Å². The zero-order chi connectivity index (χ0) is 14.8. The van der Waals surface area contributed by atoms with Crippen molar-refractivity contribution in [2.45, 2.75) is 6.29 Å². The van der Waals surface area contributed by atoms with Gasteiger partial charge in [-0.2, -0.15) is 0 Å². The van der Waals surface area contributed by atoms with Crippen molar-refractivity contribution in [3.8, 4) is 11.5 Å². The summed E-state index contributed by atoms with van der Waals surface area (Å²) in [6, 6.07) is 22.1. The summed E-state index contributed by atoms with van der Waals surface area (Å²) in [5.74, 6) is 1.64. The molecular formula is C19H16O3. The van der Waals surface area contributed by atoms with Crippen molar-refractivity contribution in [2.24, 2.45) is 0 Å². The van der Waals surface area contributed by atoms with Gasteiger partial charge in [-0.1, -0.05) is 48.5 Å². The third kappa shape index (κ3) is 2.56. The van der Waals surface area contributed by atoms with Gasteiger partial charge in [0, 0.05) is 10.9 Å². The Balaban J connectivity index is 1.66. The fourth-order valence-electron chi connectivity index (χ4n) is 2.69. The standard InChI is InChI=1S/C19H16O3/c1-2-9-17-14(5-1)6-4-10-18(17)22-16-8-3-7-15(13-16)19-20-11-12-21-19/h1-10,13,19H,11-12H2. The van der Waals surface area contributed by atoms with Crippen molar-refractivity contribution in [3.05, 3.63) is 72.3 Å². The number of ether oxygens (including phenoxy) is 3. The fourth-order valence-corrected chi connectivity index (χ4v) is 2.69. The Labute approximate surface area is 129 Å². The van der Waals surface area contributed by atoms with Gasteiger partial charge in [-0.05, 0) is 23.6 Å². The number of fused-ring (bicyclic) bond motifs is 1. The Morgan fingerprint density at radius 1 is 0.818 bits per heavy atom. The SMILES string of the molecule is c1cc(Oc2cccc3ccccc23)cc(C2OCCO2)c1. The van der Waals surface area contributed by atoms with Crippen LogP contribution in [-0.2, 0) is 9.47 Å².